The summed E-state index contributed by atoms with van der Waals surface area (Å²) in [6.07, 6.45) is 1.75. The molecule has 0 aliphatic rings. The highest BCUT2D eigenvalue weighted by atomic mass is 16.1. The van der Waals surface area contributed by atoms with E-state index in [-0.39, 0.29) is 5.78 Å². The van der Waals surface area contributed by atoms with Gasteiger partial charge in [0.1, 0.15) is 11.4 Å². The van der Waals surface area contributed by atoms with Crippen molar-refractivity contribution in [2.75, 3.05) is 0 Å². The Morgan fingerprint density at radius 3 is 2.61 bits per heavy atom. The number of carbonyl (C=O) groups is 1. The molecule has 0 amide bonds. The van der Waals surface area contributed by atoms with Crippen LogP contribution in [-0.2, 0) is 14.1 Å². The highest BCUT2D eigenvalue weighted by Crippen LogP contribution is 2.19. The molecule has 0 N–H and O–H groups in total. The average molecular weight is 240 g/mol. The first-order valence-electron chi connectivity index (χ1n) is 5.63. The first-order valence-corrected chi connectivity index (χ1v) is 5.63. The van der Waals surface area contributed by atoms with Crippen LogP contribution in [0.15, 0.2) is 36.5 Å². The summed E-state index contributed by atoms with van der Waals surface area (Å²) in [6.45, 7) is 0. The molecule has 0 saturated carbocycles. The van der Waals surface area contributed by atoms with Crippen LogP contribution < -0.4 is 0 Å². The second-order valence-corrected chi connectivity index (χ2v) is 4.19. The Morgan fingerprint density at radius 1 is 1.11 bits per heavy atom. The second kappa shape index (κ2) is 3.80. The van der Waals surface area contributed by atoms with Gasteiger partial charge in [-0.25, -0.2) is 0 Å². The van der Waals surface area contributed by atoms with Gasteiger partial charge in [0.05, 0.1) is 5.52 Å². The number of aryl methyl sites for hydroxylation is 2. The first-order chi connectivity index (χ1) is 8.66. The van der Waals surface area contributed by atoms with Crippen molar-refractivity contribution in [1.82, 2.24) is 19.6 Å². The quantitative estimate of drug-likeness (QED) is 0.638. The standard InChI is InChI=1S/C13H12N4O/c1-16-8-7-10(14-16)13(18)12-9-5-3-4-6-11(9)17(2)15-12/h3-8H,1-2H3. The summed E-state index contributed by atoms with van der Waals surface area (Å²) in [4.78, 5) is 12.3. The number of hydrogen-bond acceptors (Lipinski definition) is 3. The summed E-state index contributed by atoms with van der Waals surface area (Å²) < 4.78 is 3.32. The molecular formula is C13H12N4O. The van der Waals surface area contributed by atoms with Gasteiger partial charge in [-0.2, -0.15) is 10.2 Å². The topological polar surface area (TPSA) is 52.7 Å². The van der Waals surface area contributed by atoms with Crippen LogP contribution in [-0.4, -0.2) is 25.3 Å². The molecule has 2 heterocycles. The predicted molar refractivity (Wildman–Crippen MR) is 67.4 cm³/mol. The maximum absolute atomic E-state index is 12.3. The molecule has 0 aliphatic carbocycles. The predicted octanol–water partition coefficient (Wildman–Crippen LogP) is 1.54. The summed E-state index contributed by atoms with van der Waals surface area (Å²) in [5.41, 5.74) is 1.81. The maximum Gasteiger partial charge on any atom is 0.234 e. The van der Waals surface area contributed by atoms with Crippen LogP contribution in [0.1, 0.15) is 16.2 Å². The highest BCUT2D eigenvalue weighted by molar-refractivity contribution is 6.13. The molecule has 0 spiro atoms. The van der Waals surface area contributed by atoms with E-state index in [1.165, 1.54) is 0 Å². The fourth-order valence-corrected chi connectivity index (χ4v) is 2.04. The molecule has 3 rings (SSSR count). The van der Waals surface area contributed by atoms with Crippen molar-refractivity contribution in [2.24, 2.45) is 14.1 Å². The highest BCUT2D eigenvalue weighted by Gasteiger charge is 2.19. The molecule has 2 aromatic heterocycles. The van der Waals surface area contributed by atoms with Crippen LogP contribution in [0.4, 0.5) is 0 Å². The minimum atomic E-state index is -0.146. The van der Waals surface area contributed by atoms with Crippen molar-refractivity contribution in [3.63, 3.8) is 0 Å². The lowest BCUT2D eigenvalue weighted by Crippen LogP contribution is -2.05. The van der Waals surface area contributed by atoms with Crippen molar-refractivity contribution in [1.29, 1.82) is 0 Å². The van der Waals surface area contributed by atoms with Crippen LogP contribution >= 0.6 is 0 Å². The van der Waals surface area contributed by atoms with Crippen molar-refractivity contribution in [3.8, 4) is 0 Å². The number of aromatic nitrogens is 4. The molecular weight excluding hydrogens is 228 g/mol. The smallest absolute Gasteiger partial charge is 0.234 e. The number of nitrogens with zero attached hydrogens (tertiary/aromatic N) is 4. The Labute approximate surface area is 104 Å². The summed E-state index contributed by atoms with van der Waals surface area (Å²) in [6, 6.07) is 9.38. The molecule has 5 nitrogen and oxygen atoms in total. The van der Waals surface area contributed by atoms with Gasteiger partial charge in [-0.1, -0.05) is 18.2 Å². The van der Waals surface area contributed by atoms with E-state index in [9.17, 15) is 4.79 Å². The molecule has 0 radical (unpaired) electrons. The summed E-state index contributed by atoms with van der Waals surface area (Å²) in [5.74, 6) is -0.146. The monoisotopic (exact) mass is 240 g/mol. The van der Waals surface area contributed by atoms with E-state index >= 15 is 0 Å². The number of ketones is 1. The van der Waals surface area contributed by atoms with Gasteiger partial charge < -0.3 is 0 Å². The van der Waals surface area contributed by atoms with E-state index < -0.39 is 0 Å². The number of carbonyl (C=O) groups excluding carboxylic acids is 1. The molecule has 0 bridgehead atoms. The Bertz CT molecular complexity index is 738. The number of benzene rings is 1. The molecule has 3 aromatic rings. The molecule has 0 fully saturated rings. The molecule has 18 heavy (non-hydrogen) atoms. The van der Waals surface area contributed by atoms with E-state index in [4.69, 9.17) is 0 Å². The van der Waals surface area contributed by atoms with Crippen molar-refractivity contribution in [3.05, 3.63) is 47.9 Å². The van der Waals surface area contributed by atoms with Crippen molar-refractivity contribution < 1.29 is 4.79 Å². The largest absolute Gasteiger partial charge is 0.285 e. The second-order valence-electron chi connectivity index (χ2n) is 4.19. The zero-order valence-electron chi connectivity index (χ0n) is 10.2. The third-order valence-corrected chi connectivity index (χ3v) is 2.92. The number of hydrogen-bond donors (Lipinski definition) is 0. The summed E-state index contributed by atoms with van der Waals surface area (Å²) >= 11 is 0. The maximum atomic E-state index is 12.3. The molecule has 0 atom stereocenters. The summed E-state index contributed by atoms with van der Waals surface area (Å²) in [7, 11) is 3.62. The molecule has 5 heteroatoms. The van der Waals surface area contributed by atoms with E-state index in [1.54, 1.807) is 28.7 Å². The third kappa shape index (κ3) is 1.52. The normalized spacial score (nSPS) is 11.0. The van der Waals surface area contributed by atoms with Crippen LogP contribution in [0.5, 0.6) is 0 Å². The number of para-hydroxylation sites is 1. The van der Waals surface area contributed by atoms with E-state index in [1.807, 2.05) is 31.3 Å². The zero-order valence-corrected chi connectivity index (χ0v) is 10.2. The van der Waals surface area contributed by atoms with Crippen molar-refractivity contribution in [2.45, 2.75) is 0 Å². The van der Waals surface area contributed by atoms with Gasteiger partial charge >= 0.3 is 0 Å². The molecule has 0 aliphatic heterocycles. The van der Waals surface area contributed by atoms with E-state index in [0.29, 0.717) is 11.4 Å². The fourth-order valence-electron chi connectivity index (χ4n) is 2.04. The average Bonchev–Trinajstić information content (AvgIpc) is 2.94. The third-order valence-electron chi connectivity index (χ3n) is 2.92. The Kier molecular flexibility index (Phi) is 2.26. The summed E-state index contributed by atoms with van der Waals surface area (Å²) in [5, 5.41) is 9.27. The van der Waals surface area contributed by atoms with Crippen LogP contribution in [0.25, 0.3) is 10.9 Å². The van der Waals surface area contributed by atoms with E-state index in [2.05, 4.69) is 10.2 Å². The lowest BCUT2D eigenvalue weighted by Gasteiger charge is -1.93. The lowest BCUT2D eigenvalue weighted by molar-refractivity contribution is 0.103. The lowest BCUT2D eigenvalue weighted by atomic mass is 10.1. The number of fused-ring (bicyclic) bond motifs is 1. The van der Waals surface area contributed by atoms with Gasteiger partial charge in [0, 0.05) is 25.7 Å². The first kappa shape index (κ1) is 10.7. The Morgan fingerprint density at radius 2 is 1.89 bits per heavy atom. The molecule has 0 unspecified atom stereocenters. The minimum absolute atomic E-state index is 0.146. The molecule has 0 saturated heterocycles. The van der Waals surface area contributed by atoms with Gasteiger partial charge in [0.25, 0.3) is 0 Å². The van der Waals surface area contributed by atoms with Gasteiger partial charge in [-0.05, 0) is 12.1 Å². The minimum Gasteiger partial charge on any atom is -0.285 e. The van der Waals surface area contributed by atoms with E-state index in [0.717, 1.165) is 10.9 Å². The van der Waals surface area contributed by atoms with Crippen molar-refractivity contribution >= 4 is 16.7 Å². The molecule has 90 valence electrons. The van der Waals surface area contributed by atoms with Crippen LogP contribution in [0.3, 0.4) is 0 Å². The Hall–Kier alpha value is -2.43. The van der Waals surface area contributed by atoms with Gasteiger partial charge in [-0.3, -0.25) is 14.2 Å². The SMILES string of the molecule is Cn1ccc(C(=O)c2nn(C)c3ccccc23)n1. The zero-order chi connectivity index (χ0) is 12.7. The Balaban J connectivity index is 2.18. The van der Waals surface area contributed by atoms with Crippen LogP contribution in [0, 0.1) is 0 Å². The fraction of sp³-hybridized carbons (Fsp3) is 0.154. The van der Waals surface area contributed by atoms with Gasteiger partial charge in [-0.15, -0.1) is 0 Å². The van der Waals surface area contributed by atoms with Gasteiger partial charge in [0.15, 0.2) is 0 Å². The van der Waals surface area contributed by atoms with Gasteiger partial charge in [0.2, 0.25) is 5.78 Å². The van der Waals surface area contributed by atoms with Crippen LogP contribution in [0.2, 0.25) is 0 Å². The molecule has 1 aromatic carbocycles. The number of rotatable bonds is 2.